The molecule has 0 N–H and O–H groups in total. The van der Waals surface area contributed by atoms with Crippen molar-refractivity contribution in [2.75, 3.05) is 14.1 Å². The molecule has 150 valence electrons. The van der Waals surface area contributed by atoms with Crippen molar-refractivity contribution in [3.8, 4) is 0 Å². The van der Waals surface area contributed by atoms with Crippen molar-refractivity contribution >= 4 is 42.7 Å². The Hall–Kier alpha value is -1.56. The average molecular weight is 457 g/mol. The molecule has 28 heavy (non-hydrogen) atoms. The third-order valence-electron chi connectivity index (χ3n) is 4.15. The fraction of sp³-hybridized carbons (Fsp3) is 0.222. The molecule has 0 saturated heterocycles. The zero-order chi connectivity index (χ0) is 20.4. The summed E-state index contributed by atoms with van der Waals surface area (Å²) in [6.07, 6.45) is 0. The Labute approximate surface area is 173 Å². The number of thiophene rings is 2. The highest BCUT2D eigenvalue weighted by Crippen LogP contribution is 2.23. The third kappa shape index (κ3) is 4.53. The van der Waals surface area contributed by atoms with Gasteiger partial charge in [0, 0.05) is 27.2 Å². The summed E-state index contributed by atoms with van der Waals surface area (Å²) >= 11 is 2.38. The predicted molar refractivity (Wildman–Crippen MR) is 112 cm³/mol. The average Bonchev–Trinajstić information content (AvgIpc) is 3.37. The first-order chi connectivity index (χ1) is 13.2. The summed E-state index contributed by atoms with van der Waals surface area (Å²) in [6, 6.07) is 13.9. The van der Waals surface area contributed by atoms with Crippen molar-refractivity contribution in [2.45, 2.75) is 21.5 Å². The SMILES string of the molecule is CN(Cc1ccc(CN(C)S(=O)(=O)c2cccs2)cc1)S(=O)(=O)c1cccs1. The molecule has 0 radical (unpaired) electrons. The lowest BCUT2D eigenvalue weighted by Crippen LogP contribution is -2.26. The zero-order valence-corrected chi connectivity index (χ0v) is 18.6. The lowest BCUT2D eigenvalue weighted by atomic mass is 10.1. The number of hydrogen-bond donors (Lipinski definition) is 0. The van der Waals surface area contributed by atoms with Gasteiger partial charge in [-0.3, -0.25) is 0 Å². The van der Waals surface area contributed by atoms with Crippen molar-refractivity contribution in [1.82, 2.24) is 8.61 Å². The normalized spacial score (nSPS) is 12.7. The highest BCUT2D eigenvalue weighted by molar-refractivity contribution is 7.91. The molecule has 0 aliphatic rings. The topological polar surface area (TPSA) is 74.8 Å². The zero-order valence-electron chi connectivity index (χ0n) is 15.3. The first-order valence-corrected chi connectivity index (χ1v) is 12.9. The van der Waals surface area contributed by atoms with Gasteiger partial charge in [0.05, 0.1) is 0 Å². The Morgan fingerprint density at radius 1 is 0.679 bits per heavy atom. The standard InChI is InChI=1S/C18H20N2O4S4/c1-19(27(21,22)17-5-3-11-25-17)13-15-7-9-16(10-8-15)14-20(2)28(23,24)18-6-4-12-26-18/h3-12H,13-14H2,1-2H3. The van der Waals surface area contributed by atoms with Crippen LogP contribution < -0.4 is 0 Å². The number of rotatable bonds is 8. The van der Waals surface area contributed by atoms with Gasteiger partial charge in [0.25, 0.3) is 20.0 Å². The number of benzene rings is 1. The van der Waals surface area contributed by atoms with Crippen molar-refractivity contribution in [3.63, 3.8) is 0 Å². The fourth-order valence-electron chi connectivity index (χ4n) is 2.56. The molecule has 0 bridgehead atoms. The minimum absolute atomic E-state index is 0.240. The van der Waals surface area contributed by atoms with Crippen LogP contribution in [0, 0.1) is 0 Å². The summed E-state index contributed by atoms with van der Waals surface area (Å²) in [6.45, 7) is 0.480. The van der Waals surface area contributed by atoms with Crippen LogP contribution in [0.1, 0.15) is 11.1 Å². The van der Waals surface area contributed by atoms with E-state index in [1.165, 1.54) is 31.3 Å². The molecule has 3 rings (SSSR count). The second-order valence-corrected chi connectivity index (χ2v) is 12.6. The molecule has 1 aromatic carbocycles. The molecule has 0 aliphatic carbocycles. The van der Waals surface area contributed by atoms with Gasteiger partial charge in [0.2, 0.25) is 0 Å². The van der Waals surface area contributed by atoms with Gasteiger partial charge in [-0.15, -0.1) is 22.7 Å². The molecule has 2 aromatic heterocycles. The van der Waals surface area contributed by atoms with Gasteiger partial charge in [0.1, 0.15) is 8.42 Å². The molecule has 0 saturated carbocycles. The monoisotopic (exact) mass is 456 g/mol. The molecule has 0 spiro atoms. The van der Waals surface area contributed by atoms with E-state index in [-0.39, 0.29) is 13.1 Å². The maximum absolute atomic E-state index is 12.5. The van der Waals surface area contributed by atoms with Gasteiger partial charge < -0.3 is 0 Å². The van der Waals surface area contributed by atoms with Gasteiger partial charge in [0.15, 0.2) is 0 Å². The molecule has 0 fully saturated rings. The van der Waals surface area contributed by atoms with Crippen molar-refractivity contribution in [2.24, 2.45) is 0 Å². The maximum Gasteiger partial charge on any atom is 0.252 e. The lowest BCUT2D eigenvalue weighted by Gasteiger charge is -2.18. The van der Waals surface area contributed by atoms with Gasteiger partial charge >= 0.3 is 0 Å². The number of hydrogen-bond acceptors (Lipinski definition) is 6. The van der Waals surface area contributed by atoms with E-state index in [0.717, 1.165) is 11.1 Å². The maximum atomic E-state index is 12.5. The Morgan fingerprint density at radius 3 is 1.32 bits per heavy atom. The van der Waals surface area contributed by atoms with Gasteiger partial charge in [-0.25, -0.2) is 16.8 Å². The summed E-state index contributed by atoms with van der Waals surface area (Å²) in [5.41, 5.74) is 1.66. The van der Waals surface area contributed by atoms with Crippen LogP contribution in [0.15, 0.2) is 67.7 Å². The van der Waals surface area contributed by atoms with Crippen LogP contribution in [-0.2, 0) is 33.1 Å². The molecule has 0 amide bonds. The molecule has 6 nitrogen and oxygen atoms in total. The Morgan fingerprint density at radius 2 is 1.04 bits per heavy atom. The van der Waals surface area contributed by atoms with E-state index in [9.17, 15) is 16.8 Å². The van der Waals surface area contributed by atoms with E-state index in [1.54, 1.807) is 49.1 Å². The highest BCUT2D eigenvalue weighted by Gasteiger charge is 2.23. The molecule has 10 heteroatoms. The Bertz CT molecular complexity index is 1010. The van der Waals surface area contributed by atoms with Crippen LogP contribution in [-0.4, -0.2) is 39.5 Å². The Kier molecular flexibility index (Phi) is 6.37. The lowest BCUT2D eigenvalue weighted by molar-refractivity contribution is 0.465. The van der Waals surface area contributed by atoms with E-state index in [4.69, 9.17) is 0 Å². The van der Waals surface area contributed by atoms with Crippen LogP contribution in [0.25, 0.3) is 0 Å². The van der Waals surface area contributed by atoms with Crippen LogP contribution in [0.5, 0.6) is 0 Å². The molecular weight excluding hydrogens is 436 g/mol. The van der Waals surface area contributed by atoms with Gasteiger partial charge in [-0.2, -0.15) is 8.61 Å². The van der Waals surface area contributed by atoms with Crippen LogP contribution >= 0.6 is 22.7 Å². The summed E-state index contributed by atoms with van der Waals surface area (Å²) in [4.78, 5) is 0. The molecule has 0 atom stereocenters. The number of sulfonamides is 2. The van der Waals surface area contributed by atoms with Crippen molar-refractivity contribution in [3.05, 3.63) is 70.4 Å². The van der Waals surface area contributed by atoms with Crippen molar-refractivity contribution < 1.29 is 16.8 Å². The summed E-state index contributed by atoms with van der Waals surface area (Å²) in [5.74, 6) is 0. The van der Waals surface area contributed by atoms with Crippen LogP contribution in [0.3, 0.4) is 0 Å². The Balaban J connectivity index is 1.67. The molecule has 2 heterocycles. The molecule has 0 aliphatic heterocycles. The van der Waals surface area contributed by atoms with Crippen LogP contribution in [0.2, 0.25) is 0 Å². The first kappa shape index (κ1) is 21.2. The van der Waals surface area contributed by atoms with Gasteiger partial charge in [-0.05, 0) is 34.0 Å². The smallest absolute Gasteiger partial charge is 0.206 e. The van der Waals surface area contributed by atoms with E-state index >= 15 is 0 Å². The highest BCUT2D eigenvalue weighted by atomic mass is 32.3. The van der Waals surface area contributed by atoms with E-state index in [1.807, 2.05) is 24.3 Å². The second-order valence-electron chi connectivity index (χ2n) is 6.20. The second kappa shape index (κ2) is 8.44. The molecule has 3 aromatic rings. The minimum Gasteiger partial charge on any atom is -0.206 e. The van der Waals surface area contributed by atoms with Gasteiger partial charge in [-0.1, -0.05) is 36.4 Å². The van der Waals surface area contributed by atoms with E-state index in [0.29, 0.717) is 8.42 Å². The molecule has 0 unspecified atom stereocenters. The van der Waals surface area contributed by atoms with Crippen molar-refractivity contribution in [1.29, 1.82) is 0 Å². The minimum atomic E-state index is -3.50. The molecular formula is C18H20N2O4S4. The van der Waals surface area contributed by atoms with Crippen LogP contribution in [0.4, 0.5) is 0 Å². The third-order valence-corrected chi connectivity index (χ3v) is 10.5. The first-order valence-electron chi connectivity index (χ1n) is 8.29. The quantitative estimate of drug-likeness (QED) is 0.520. The fourth-order valence-corrected chi connectivity index (χ4v) is 7.28. The van der Waals surface area contributed by atoms with E-state index < -0.39 is 20.0 Å². The largest absolute Gasteiger partial charge is 0.252 e. The summed E-state index contributed by atoms with van der Waals surface area (Å²) in [5, 5.41) is 3.46. The summed E-state index contributed by atoms with van der Waals surface area (Å²) in [7, 11) is -3.91. The summed E-state index contributed by atoms with van der Waals surface area (Å²) < 4.78 is 53.2. The predicted octanol–water partition coefficient (Wildman–Crippen LogP) is 3.45. The van der Waals surface area contributed by atoms with E-state index in [2.05, 4.69) is 0 Å². The number of nitrogens with zero attached hydrogens (tertiary/aromatic N) is 2.